The molecule has 1 aliphatic carbocycles. The van der Waals surface area contributed by atoms with Gasteiger partial charge in [-0.3, -0.25) is 18.6 Å². The molecule has 2 bridgehead atoms. The minimum absolute atomic E-state index is 0.000472. The number of hydrogen-bond acceptors (Lipinski definition) is 15. The quantitative estimate of drug-likeness (QED) is 0.0281. The summed E-state index contributed by atoms with van der Waals surface area (Å²) in [6.07, 6.45) is 14.2. The van der Waals surface area contributed by atoms with Crippen molar-refractivity contribution in [3.05, 3.63) is 72.9 Å². The van der Waals surface area contributed by atoms with Crippen molar-refractivity contribution in [2.24, 2.45) is 11.8 Å². The number of fused-ring (bicyclic) bond motifs is 4. The Hall–Kier alpha value is -2.83. The van der Waals surface area contributed by atoms with Crippen LogP contribution in [0.4, 0.5) is 0 Å². The van der Waals surface area contributed by atoms with Crippen molar-refractivity contribution in [3.8, 4) is 0 Å². The summed E-state index contributed by atoms with van der Waals surface area (Å²) < 4.78 is 34.7. The highest BCUT2D eigenvalue weighted by Gasteiger charge is 2.49. The molecule has 0 aromatic rings. The number of esters is 2. The second-order valence-electron chi connectivity index (χ2n) is 17.2. The first-order valence-corrected chi connectivity index (χ1v) is 25.5. The van der Waals surface area contributed by atoms with E-state index < -0.39 is 112 Å². The number of carbonyl (C=O) groups is 2. The number of hydrogen-bond donors (Lipinski definition) is 9. The molecule has 1 heterocycles. The van der Waals surface area contributed by atoms with Crippen molar-refractivity contribution < 1.29 is 78.4 Å². The summed E-state index contributed by atoms with van der Waals surface area (Å²) in [6, 6.07) is 0. The number of aliphatic hydroxyl groups excluding tert-OH is 8. The Morgan fingerprint density at radius 3 is 2.12 bits per heavy atom. The molecule has 13 atom stereocenters. The fourth-order valence-electron chi connectivity index (χ4n) is 7.63. The monoisotopic (exact) mass is 957 g/mol. The van der Waals surface area contributed by atoms with E-state index in [0.717, 1.165) is 64.2 Å². The predicted molar refractivity (Wildman–Crippen MR) is 250 cm³/mol. The van der Waals surface area contributed by atoms with E-state index >= 15 is 0 Å². The molecule has 0 spiro atoms. The van der Waals surface area contributed by atoms with E-state index in [1.807, 2.05) is 6.92 Å². The number of unbranched alkanes of at least 4 members (excludes halogenated alkanes) is 6. The van der Waals surface area contributed by atoms with Gasteiger partial charge in [-0.1, -0.05) is 119 Å². The number of rotatable bonds is 21. The molecule has 17 heteroatoms. The Bertz CT molecular complexity index is 1560. The molecule has 16 nitrogen and oxygen atoms in total. The number of aliphatic hydroxyl groups is 8. The van der Waals surface area contributed by atoms with Crippen LogP contribution in [0.25, 0.3) is 0 Å². The lowest BCUT2D eigenvalue weighted by Gasteiger charge is -2.37. The van der Waals surface area contributed by atoms with Gasteiger partial charge in [0.15, 0.2) is 6.10 Å². The molecule has 0 aromatic carbocycles. The van der Waals surface area contributed by atoms with Crippen molar-refractivity contribution in [2.45, 2.75) is 197 Å². The van der Waals surface area contributed by atoms with Crippen molar-refractivity contribution in [3.63, 3.8) is 0 Å². The van der Waals surface area contributed by atoms with Crippen molar-refractivity contribution in [2.75, 3.05) is 13.2 Å². The molecule has 0 radical (unpaired) electrons. The summed E-state index contributed by atoms with van der Waals surface area (Å²) >= 11 is 0. The van der Waals surface area contributed by atoms with E-state index in [4.69, 9.17) is 18.5 Å². The second-order valence-corrected chi connectivity index (χ2v) is 18.6. The molecule has 0 amide bonds. The van der Waals surface area contributed by atoms with Crippen LogP contribution in [0.1, 0.15) is 136 Å². The third-order valence-corrected chi connectivity index (χ3v) is 12.6. The highest BCUT2D eigenvalue weighted by Crippen LogP contribution is 2.47. The summed E-state index contributed by atoms with van der Waals surface area (Å²) in [7, 11) is -5.45. The van der Waals surface area contributed by atoms with Gasteiger partial charge in [0.1, 0.15) is 31.0 Å². The Labute approximate surface area is 392 Å². The smallest absolute Gasteiger partial charge is 0.462 e. The van der Waals surface area contributed by atoms with E-state index in [1.54, 1.807) is 12.2 Å². The van der Waals surface area contributed by atoms with Crippen molar-refractivity contribution >= 4 is 19.8 Å². The molecule has 66 heavy (non-hydrogen) atoms. The first-order chi connectivity index (χ1) is 31.6. The van der Waals surface area contributed by atoms with Crippen LogP contribution in [0.3, 0.4) is 0 Å². The summed E-state index contributed by atoms with van der Waals surface area (Å²) in [5, 5.41) is 90.1. The van der Waals surface area contributed by atoms with E-state index in [-0.39, 0.29) is 19.3 Å². The fraction of sp³-hybridized carbons (Fsp3) is 0.714. The maximum atomic E-state index is 13.5. The van der Waals surface area contributed by atoms with E-state index in [1.165, 1.54) is 12.2 Å². The molecule has 1 aliphatic heterocycles. The van der Waals surface area contributed by atoms with Crippen LogP contribution in [0.15, 0.2) is 72.9 Å². The highest BCUT2D eigenvalue weighted by atomic mass is 31.2. The number of ether oxygens (including phenoxy) is 2. The van der Waals surface area contributed by atoms with Gasteiger partial charge in [0.2, 0.25) is 0 Å². The molecule has 2 aliphatic rings. The molecular formula is C49H81O16P. The standard InChI is InChI=1S/C49H81O16P/c1-3-5-7-8-9-10-11-12-13-14-15-16-17-18-19-20-26-30-43(54)64-37-34-62-42(53)29-25-22-21-24-28-38-40(51)33-41(52)39(32-31-36(50)27-23-6-4-2)45(56)47(58)49(48(59)46(57)44(38)55)65-66(60,61)63-35-37/h5,7,9-10,12-13,15-16,21,24,31-32,36-41,44-52,55-59H,3-4,6,8,11,14,17-20,22-23,25-30,33-35H2,1-2H3,(H,60,61)/b7-5-,10-9-,13-12-,16-15-,24-21+,32-31?/t36-,37+,38-,39-,40-,41+,44+,45+,46-,47+,48+,49+/m0/s1. The summed E-state index contributed by atoms with van der Waals surface area (Å²) in [6.45, 7) is 2.68. The molecular weight excluding hydrogens is 875 g/mol. The number of carbonyl (C=O) groups excluding carboxylic acids is 2. The van der Waals surface area contributed by atoms with Gasteiger partial charge in [0.05, 0.1) is 37.1 Å². The Kier molecular flexibility index (Phi) is 31.0. The second kappa shape index (κ2) is 34.5. The van der Waals surface area contributed by atoms with Gasteiger partial charge in [0.25, 0.3) is 0 Å². The first-order valence-electron chi connectivity index (χ1n) is 24.0. The molecule has 9 N–H and O–H groups in total. The van der Waals surface area contributed by atoms with Gasteiger partial charge in [-0.25, -0.2) is 4.57 Å². The van der Waals surface area contributed by atoms with Crippen LogP contribution < -0.4 is 0 Å². The first kappa shape index (κ1) is 59.3. The number of cyclic esters (lactones) is 1. The van der Waals surface area contributed by atoms with Crippen LogP contribution in [0.5, 0.6) is 0 Å². The lowest BCUT2D eigenvalue weighted by atomic mass is 9.83. The van der Waals surface area contributed by atoms with Gasteiger partial charge in [-0.05, 0) is 70.6 Å². The number of allylic oxidation sites excluding steroid dienone is 10. The largest absolute Gasteiger partial charge is 0.472 e. The van der Waals surface area contributed by atoms with Crippen LogP contribution >= 0.6 is 7.82 Å². The topological polar surface area (TPSA) is 270 Å². The van der Waals surface area contributed by atoms with Crippen LogP contribution in [-0.2, 0) is 32.7 Å². The van der Waals surface area contributed by atoms with Crippen molar-refractivity contribution in [1.82, 2.24) is 0 Å². The molecule has 1 saturated carbocycles. The summed E-state index contributed by atoms with van der Waals surface area (Å²) in [4.78, 5) is 36.5. The molecule has 378 valence electrons. The third-order valence-electron chi connectivity index (χ3n) is 11.6. The zero-order chi connectivity index (χ0) is 48.7. The van der Waals surface area contributed by atoms with Gasteiger partial charge < -0.3 is 55.2 Å². The fourth-order valence-corrected chi connectivity index (χ4v) is 8.60. The average molecular weight is 957 g/mol. The minimum Gasteiger partial charge on any atom is -0.462 e. The van der Waals surface area contributed by atoms with Gasteiger partial charge in [-0.15, -0.1) is 0 Å². The molecule has 1 fully saturated rings. The summed E-state index contributed by atoms with van der Waals surface area (Å²) in [5.74, 6) is -4.08. The normalized spacial score (nSPS) is 32.7. The zero-order valence-electron chi connectivity index (χ0n) is 39.0. The zero-order valence-corrected chi connectivity index (χ0v) is 39.9. The predicted octanol–water partition coefficient (Wildman–Crippen LogP) is 5.88. The van der Waals surface area contributed by atoms with E-state index in [9.17, 15) is 59.9 Å². The lowest BCUT2D eigenvalue weighted by molar-refractivity contribution is -0.167. The van der Waals surface area contributed by atoms with E-state index in [2.05, 4.69) is 55.5 Å². The number of phosphoric ester groups is 1. The van der Waals surface area contributed by atoms with E-state index in [0.29, 0.717) is 32.1 Å². The van der Waals surface area contributed by atoms with Gasteiger partial charge in [0, 0.05) is 31.1 Å². The highest BCUT2D eigenvalue weighted by molar-refractivity contribution is 7.47. The molecule has 0 saturated heterocycles. The van der Waals surface area contributed by atoms with Gasteiger partial charge in [-0.2, -0.15) is 0 Å². The SMILES string of the molecule is CC/C=C\C/C=C\C/C=C\C/C=C\CCCCCCC(=O)O[C@@H]1COC(=O)CCC/C=C/C[C@@H]2[C@@H](O)[C@H](O)[C@@H](O)[C@H](OP(=O)(O)OC1)[C@H](O)[C@H](O)[C@@H](C=C[C@@H](O)CCCCC)[C@H](O)C[C@@H]2O. The molecule has 2 rings (SSSR count). The Morgan fingerprint density at radius 2 is 1.44 bits per heavy atom. The Morgan fingerprint density at radius 1 is 0.788 bits per heavy atom. The van der Waals surface area contributed by atoms with Gasteiger partial charge >= 0.3 is 19.8 Å². The maximum Gasteiger partial charge on any atom is 0.472 e. The van der Waals surface area contributed by atoms with Crippen LogP contribution in [0.2, 0.25) is 0 Å². The maximum absolute atomic E-state index is 13.5. The summed E-state index contributed by atoms with van der Waals surface area (Å²) in [5.41, 5.74) is 0. The minimum atomic E-state index is -5.45. The van der Waals surface area contributed by atoms with Crippen molar-refractivity contribution in [1.29, 1.82) is 0 Å². The average Bonchev–Trinajstić information content (AvgIpc) is 3.28. The third kappa shape index (κ3) is 24.5. The number of phosphoric acid groups is 1. The lowest BCUT2D eigenvalue weighted by Crippen LogP contribution is -2.55. The van der Waals surface area contributed by atoms with Crippen LogP contribution in [0, 0.1) is 11.8 Å². The Balaban J connectivity index is 2.18. The molecule has 1 unspecified atom stereocenters. The molecule has 0 aromatic heterocycles. The van der Waals surface area contributed by atoms with Crippen LogP contribution in [-0.4, -0.2) is 132 Å².